The molecule has 0 spiro atoms. The fourth-order valence-corrected chi connectivity index (χ4v) is 1.62. The molecule has 1 aromatic carbocycles. The minimum Gasteiger partial charge on any atom is -0.480 e. The number of carbonyl (C=O) groups is 3. The summed E-state index contributed by atoms with van der Waals surface area (Å²) in [5, 5.41) is 11.7. The van der Waals surface area contributed by atoms with Crippen molar-refractivity contribution < 1.29 is 19.5 Å². The monoisotopic (exact) mass is 306 g/mol. The van der Waals surface area contributed by atoms with Gasteiger partial charge in [-0.3, -0.25) is 9.59 Å². The molecule has 0 bridgehead atoms. The Labute approximate surface area is 130 Å². The smallest absolute Gasteiger partial charge is 0.326 e. The minimum absolute atomic E-state index is 0.221. The zero-order valence-corrected chi connectivity index (χ0v) is 13.5. The number of hydrogen-bond acceptors (Lipinski definition) is 3. The Morgan fingerprint density at radius 2 is 1.73 bits per heavy atom. The largest absolute Gasteiger partial charge is 0.480 e. The Kier molecular flexibility index (Phi) is 5.30. The second-order valence-electron chi connectivity index (χ2n) is 6.18. The molecule has 2 amide bonds. The summed E-state index contributed by atoms with van der Waals surface area (Å²) in [6, 6.07) is 5.59. The van der Waals surface area contributed by atoms with Gasteiger partial charge in [0.25, 0.3) is 5.91 Å². The van der Waals surface area contributed by atoms with E-state index in [1.807, 2.05) is 0 Å². The van der Waals surface area contributed by atoms with E-state index in [0.29, 0.717) is 5.69 Å². The Morgan fingerprint density at radius 3 is 2.23 bits per heavy atom. The van der Waals surface area contributed by atoms with Gasteiger partial charge in [0.2, 0.25) is 5.91 Å². The number of para-hydroxylation sites is 1. The Morgan fingerprint density at radius 1 is 1.18 bits per heavy atom. The first-order valence-electron chi connectivity index (χ1n) is 6.96. The van der Waals surface area contributed by atoms with Gasteiger partial charge in [-0.15, -0.1) is 0 Å². The van der Waals surface area contributed by atoms with Crippen LogP contribution >= 0.6 is 0 Å². The molecule has 0 saturated carbocycles. The van der Waals surface area contributed by atoms with Gasteiger partial charge in [0.05, 0.1) is 11.3 Å². The molecule has 0 aromatic heterocycles. The highest BCUT2D eigenvalue weighted by Gasteiger charge is 2.26. The number of rotatable bonds is 4. The van der Waals surface area contributed by atoms with Crippen molar-refractivity contribution >= 4 is 23.5 Å². The second-order valence-corrected chi connectivity index (χ2v) is 6.18. The highest BCUT2D eigenvalue weighted by molar-refractivity contribution is 6.05. The van der Waals surface area contributed by atoms with Gasteiger partial charge in [-0.05, 0) is 19.1 Å². The Bertz CT molecular complexity index is 590. The molecule has 120 valence electrons. The SMILES string of the molecule is CC(C(=O)O)N(C)C(=O)c1ccccc1NC(=O)C(C)(C)C. The van der Waals surface area contributed by atoms with Gasteiger partial charge in [0.15, 0.2) is 0 Å². The molecule has 1 unspecified atom stereocenters. The summed E-state index contributed by atoms with van der Waals surface area (Å²) >= 11 is 0. The summed E-state index contributed by atoms with van der Waals surface area (Å²) in [5.74, 6) is -1.77. The van der Waals surface area contributed by atoms with E-state index in [-0.39, 0.29) is 11.5 Å². The number of carboxylic acid groups (broad SMARTS) is 1. The number of anilines is 1. The standard InChI is InChI=1S/C16H22N2O4/c1-10(14(20)21)18(5)13(19)11-8-6-7-9-12(11)17-15(22)16(2,3)4/h6-10H,1-5H3,(H,17,22)(H,20,21). The van der Waals surface area contributed by atoms with E-state index in [9.17, 15) is 14.4 Å². The summed E-state index contributed by atoms with van der Waals surface area (Å²) in [6.07, 6.45) is 0. The van der Waals surface area contributed by atoms with Crippen LogP contribution in [0.2, 0.25) is 0 Å². The summed E-state index contributed by atoms with van der Waals surface area (Å²) in [7, 11) is 1.42. The van der Waals surface area contributed by atoms with Crippen LogP contribution < -0.4 is 5.32 Å². The average Bonchev–Trinajstić information content (AvgIpc) is 2.44. The van der Waals surface area contributed by atoms with Crippen LogP contribution in [-0.2, 0) is 9.59 Å². The third-order valence-corrected chi connectivity index (χ3v) is 3.35. The number of carbonyl (C=O) groups excluding carboxylic acids is 2. The number of aliphatic carboxylic acids is 1. The summed E-state index contributed by atoms with van der Waals surface area (Å²) in [4.78, 5) is 36.7. The lowest BCUT2D eigenvalue weighted by Crippen LogP contribution is -2.40. The number of likely N-dealkylation sites (N-methyl/N-ethyl adjacent to an activating group) is 1. The molecule has 1 rings (SSSR count). The van der Waals surface area contributed by atoms with Crippen molar-refractivity contribution in [3.05, 3.63) is 29.8 Å². The molecule has 0 heterocycles. The molecular weight excluding hydrogens is 284 g/mol. The van der Waals surface area contributed by atoms with Crippen LogP contribution in [0, 0.1) is 5.41 Å². The van der Waals surface area contributed by atoms with Crippen LogP contribution in [0.5, 0.6) is 0 Å². The lowest BCUT2D eigenvalue weighted by molar-refractivity contribution is -0.141. The molecule has 6 nitrogen and oxygen atoms in total. The van der Waals surface area contributed by atoms with E-state index < -0.39 is 23.3 Å². The van der Waals surface area contributed by atoms with Crippen molar-refractivity contribution in [3.8, 4) is 0 Å². The highest BCUT2D eigenvalue weighted by Crippen LogP contribution is 2.22. The van der Waals surface area contributed by atoms with Gasteiger partial charge in [-0.2, -0.15) is 0 Å². The topological polar surface area (TPSA) is 86.7 Å². The molecule has 1 atom stereocenters. The maximum atomic E-state index is 12.5. The first kappa shape index (κ1) is 17.7. The molecule has 0 aliphatic carbocycles. The maximum Gasteiger partial charge on any atom is 0.326 e. The van der Waals surface area contributed by atoms with E-state index >= 15 is 0 Å². The fraction of sp³-hybridized carbons (Fsp3) is 0.438. The third kappa shape index (κ3) is 4.07. The van der Waals surface area contributed by atoms with Gasteiger partial charge in [-0.1, -0.05) is 32.9 Å². The average molecular weight is 306 g/mol. The lowest BCUT2D eigenvalue weighted by atomic mass is 9.95. The number of amides is 2. The zero-order chi connectivity index (χ0) is 17.1. The van der Waals surface area contributed by atoms with Crippen LogP contribution in [0.1, 0.15) is 38.1 Å². The molecule has 2 N–H and O–H groups in total. The summed E-state index contributed by atoms with van der Waals surface area (Å²) < 4.78 is 0. The molecule has 0 saturated heterocycles. The van der Waals surface area contributed by atoms with E-state index in [2.05, 4.69) is 5.32 Å². The van der Waals surface area contributed by atoms with Gasteiger partial charge < -0.3 is 15.3 Å². The maximum absolute atomic E-state index is 12.5. The van der Waals surface area contributed by atoms with Gasteiger partial charge in [-0.25, -0.2) is 4.79 Å². The summed E-state index contributed by atoms with van der Waals surface area (Å²) in [6.45, 7) is 6.73. The van der Waals surface area contributed by atoms with E-state index in [1.54, 1.807) is 45.0 Å². The van der Waals surface area contributed by atoms with Crippen LogP contribution in [0.25, 0.3) is 0 Å². The van der Waals surface area contributed by atoms with Crippen molar-refractivity contribution in [2.24, 2.45) is 5.41 Å². The predicted molar refractivity (Wildman–Crippen MR) is 83.7 cm³/mol. The Balaban J connectivity index is 3.09. The van der Waals surface area contributed by atoms with E-state index in [4.69, 9.17) is 5.11 Å². The van der Waals surface area contributed by atoms with Gasteiger partial charge in [0, 0.05) is 12.5 Å². The predicted octanol–water partition coefficient (Wildman–Crippen LogP) is 2.22. The molecule has 0 aliphatic rings. The van der Waals surface area contributed by atoms with Gasteiger partial charge >= 0.3 is 5.97 Å². The number of carboxylic acids is 1. The molecular formula is C16H22N2O4. The molecule has 0 fully saturated rings. The van der Waals surface area contributed by atoms with E-state index in [1.165, 1.54) is 14.0 Å². The first-order valence-corrected chi connectivity index (χ1v) is 6.96. The number of benzene rings is 1. The molecule has 0 aliphatic heterocycles. The quantitative estimate of drug-likeness (QED) is 0.893. The number of hydrogen-bond donors (Lipinski definition) is 2. The third-order valence-electron chi connectivity index (χ3n) is 3.35. The van der Waals surface area contributed by atoms with Crippen LogP contribution in [0.3, 0.4) is 0 Å². The van der Waals surface area contributed by atoms with Crippen LogP contribution in [-0.4, -0.2) is 40.9 Å². The number of nitrogens with zero attached hydrogens (tertiary/aromatic N) is 1. The highest BCUT2D eigenvalue weighted by atomic mass is 16.4. The lowest BCUT2D eigenvalue weighted by Gasteiger charge is -2.24. The second kappa shape index (κ2) is 6.60. The van der Waals surface area contributed by atoms with Gasteiger partial charge in [0.1, 0.15) is 6.04 Å². The Hall–Kier alpha value is -2.37. The normalized spacial score (nSPS) is 12.4. The minimum atomic E-state index is -1.09. The zero-order valence-electron chi connectivity index (χ0n) is 13.5. The van der Waals surface area contributed by atoms with Crippen molar-refractivity contribution in [2.75, 3.05) is 12.4 Å². The first-order chi connectivity index (χ1) is 10.1. The molecule has 22 heavy (non-hydrogen) atoms. The van der Waals surface area contributed by atoms with Crippen molar-refractivity contribution in [2.45, 2.75) is 33.7 Å². The molecule has 1 aromatic rings. The fourth-order valence-electron chi connectivity index (χ4n) is 1.62. The van der Waals surface area contributed by atoms with Crippen LogP contribution in [0.4, 0.5) is 5.69 Å². The van der Waals surface area contributed by atoms with Crippen LogP contribution in [0.15, 0.2) is 24.3 Å². The van der Waals surface area contributed by atoms with E-state index in [0.717, 1.165) is 4.90 Å². The van der Waals surface area contributed by atoms with Crippen molar-refractivity contribution in [1.82, 2.24) is 4.90 Å². The molecule has 0 radical (unpaired) electrons. The summed E-state index contributed by atoms with van der Waals surface area (Å²) in [5.41, 5.74) is 0.0312. The molecule has 6 heteroatoms. The van der Waals surface area contributed by atoms with Crippen molar-refractivity contribution in [3.63, 3.8) is 0 Å². The number of nitrogens with one attached hydrogen (secondary N) is 1. The van der Waals surface area contributed by atoms with Crippen molar-refractivity contribution in [1.29, 1.82) is 0 Å².